The summed E-state index contributed by atoms with van der Waals surface area (Å²) < 4.78 is 60.8. The SMILES string of the molecule is C=C[C@H]1C[C@]1(NC(=O)[C@@H]1C[C@@H]2CN1C(=O)[C@H](CC(F)F)NC(=O)N(C)CCCC/C=C/c1cccc3c1CN(C3)C(=O)O2)C(=O)NS(=O)(=O)C1CC1. The van der Waals surface area contributed by atoms with Gasteiger partial charge in [0.05, 0.1) is 18.3 Å². The highest BCUT2D eigenvalue weighted by Gasteiger charge is 2.62. The highest BCUT2D eigenvalue weighted by Crippen LogP contribution is 2.45. The molecule has 3 heterocycles. The van der Waals surface area contributed by atoms with E-state index in [1.807, 2.05) is 30.4 Å². The highest BCUT2D eigenvalue weighted by atomic mass is 32.2. The molecule has 1 aromatic carbocycles. The van der Waals surface area contributed by atoms with Gasteiger partial charge in [0, 0.05) is 38.9 Å². The van der Waals surface area contributed by atoms with Gasteiger partial charge in [0.25, 0.3) is 5.91 Å². The Kier molecular flexibility index (Phi) is 10.6. The Morgan fingerprint density at radius 1 is 1.17 bits per heavy atom. The van der Waals surface area contributed by atoms with E-state index in [9.17, 15) is 41.2 Å². The number of rotatable bonds is 8. The molecule has 14 nitrogen and oxygen atoms in total. The van der Waals surface area contributed by atoms with E-state index in [4.69, 9.17) is 4.74 Å². The summed E-state index contributed by atoms with van der Waals surface area (Å²) in [4.78, 5) is 71.8. The largest absolute Gasteiger partial charge is 0.444 e. The van der Waals surface area contributed by atoms with Gasteiger partial charge in [-0.2, -0.15) is 0 Å². The molecule has 0 unspecified atom stereocenters. The molecule has 0 radical (unpaired) electrons. The Morgan fingerprint density at radius 2 is 1.94 bits per heavy atom. The first-order chi connectivity index (χ1) is 24.7. The Hall–Kier alpha value is -4.54. The van der Waals surface area contributed by atoms with Crippen molar-refractivity contribution in [1.82, 2.24) is 30.1 Å². The molecule has 2 saturated carbocycles. The fourth-order valence-corrected chi connectivity index (χ4v) is 8.49. The molecular weight excluding hydrogens is 702 g/mol. The van der Waals surface area contributed by atoms with Gasteiger partial charge in [0.1, 0.15) is 23.7 Å². The van der Waals surface area contributed by atoms with Crippen LogP contribution in [0.5, 0.6) is 0 Å². The number of nitrogens with one attached hydrogen (secondary N) is 3. The number of urea groups is 1. The third kappa shape index (κ3) is 7.93. The Labute approximate surface area is 301 Å². The van der Waals surface area contributed by atoms with Crippen LogP contribution in [-0.4, -0.2) is 109 Å². The van der Waals surface area contributed by atoms with Crippen LogP contribution in [0.3, 0.4) is 0 Å². The maximum atomic E-state index is 14.0. The molecule has 1 aromatic rings. The molecule has 5 aliphatic rings. The number of carbonyl (C=O) groups is 5. The van der Waals surface area contributed by atoms with Gasteiger partial charge in [-0.3, -0.25) is 24.0 Å². The predicted molar refractivity (Wildman–Crippen MR) is 184 cm³/mol. The quantitative estimate of drug-likeness (QED) is 0.341. The second-order valence-electron chi connectivity index (χ2n) is 14.2. The molecule has 1 saturated heterocycles. The van der Waals surface area contributed by atoms with Crippen LogP contribution in [-0.2, 0) is 42.2 Å². The molecule has 282 valence electrons. The van der Waals surface area contributed by atoms with E-state index in [1.54, 1.807) is 0 Å². The summed E-state index contributed by atoms with van der Waals surface area (Å²) in [5.74, 6) is -3.45. The Morgan fingerprint density at radius 3 is 2.63 bits per heavy atom. The minimum Gasteiger partial charge on any atom is -0.444 e. The molecule has 3 aliphatic heterocycles. The summed E-state index contributed by atoms with van der Waals surface area (Å²) in [6.45, 7) is 4.17. The van der Waals surface area contributed by atoms with Crippen molar-refractivity contribution in [2.45, 2.75) is 99.9 Å². The minimum atomic E-state index is -3.97. The van der Waals surface area contributed by atoms with Crippen LogP contribution in [0.4, 0.5) is 18.4 Å². The first-order valence-electron chi connectivity index (χ1n) is 17.6. The number of hydrogen-bond acceptors (Lipinski definition) is 8. The van der Waals surface area contributed by atoms with Crippen molar-refractivity contribution >= 4 is 45.9 Å². The topological polar surface area (TPSA) is 175 Å². The zero-order chi connectivity index (χ0) is 37.4. The van der Waals surface area contributed by atoms with Crippen molar-refractivity contribution < 1.29 is 45.9 Å². The number of benzene rings is 1. The summed E-state index contributed by atoms with van der Waals surface area (Å²) >= 11 is 0. The number of allylic oxidation sites excluding steroid dienone is 1. The molecule has 17 heteroatoms. The third-order valence-electron chi connectivity index (χ3n) is 10.4. The van der Waals surface area contributed by atoms with Gasteiger partial charge in [-0.25, -0.2) is 26.8 Å². The van der Waals surface area contributed by atoms with Crippen molar-refractivity contribution in [2.24, 2.45) is 5.92 Å². The van der Waals surface area contributed by atoms with E-state index in [-0.39, 0.29) is 32.5 Å². The second kappa shape index (κ2) is 14.8. The monoisotopic (exact) mass is 746 g/mol. The number of halogens is 2. The normalized spacial score (nSPS) is 28.9. The van der Waals surface area contributed by atoms with Crippen LogP contribution >= 0.6 is 0 Å². The summed E-state index contributed by atoms with van der Waals surface area (Å²) in [5, 5.41) is 4.31. The van der Waals surface area contributed by atoms with Crippen LogP contribution in [0, 0.1) is 5.92 Å². The van der Waals surface area contributed by atoms with Gasteiger partial charge in [-0.05, 0) is 55.2 Å². The molecule has 0 spiro atoms. The van der Waals surface area contributed by atoms with Gasteiger partial charge in [0.15, 0.2) is 0 Å². The maximum absolute atomic E-state index is 14.0. The number of nitrogens with zero attached hydrogens (tertiary/aromatic N) is 3. The van der Waals surface area contributed by atoms with Crippen LogP contribution < -0.4 is 15.4 Å². The number of amides is 6. The molecule has 52 heavy (non-hydrogen) atoms. The average Bonchev–Trinajstić information content (AvgIpc) is 3.99. The first-order valence-corrected chi connectivity index (χ1v) is 19.1. The minimum absolute atomic E-state index is 0.0381. The van der Waals surface area contributed by atoms with E-state index >= 15 is 0 Å². The highest BCUT2D eigenvalue weighted by molar-refractivity contribution is 7.91. The fourth-order valence-electron chi connectivity index (χ4n) is 7.13. The smallest absolute Gasteiger partial charge is 0.410 e. The Bertz CT molecular complexity index is 1770. The van der Waals surface area contributed by atoms with Crippen LogP contribution in [0.1, 0.15) is 68.1 Å². The maximum Gasteiger partial charge on any atom is 0.410 e. The Balaban J connectivity index is 1.27. The predicted octanol–water partition coefficient (Wildman–Crippen LogP) is 2.64. The first kappa shape index (κ1) is 37.2. The lowest BCUT2D eigenvalue weighted by atomic mass is 10.0. The molecule has 5 atom stereocenters. The molecule has 2 aliphatic carbocycles. The van der Waals surface area contributed by atoms with Crippen molar-refractivity contribution in [3.8, 4) is 0 Å². The zero-order valence-electron chi connectivity index (χ0n) is 28.9. The average molecular weight is 747 g/mol. The molecule has 6 rings (SSSR count). The van der Waals surface area contributed by atoms with Gasteiger partial charge in [-0.15, -0.1) is 6.58 Å². The molecule has 0 aromatic heterocycles. The number of hydrogen-bond donors (Lipinski definition) is 3. The summed E-state index contributed by atoms with van der Waals surface area (Å²) in [7, 11) is -2.48. The fraction of sp³-hybridized carbons (Fsp3) is 0.571. The van der Waals surface area contributed by atoms with Crippen molar-refractivity contribution in [2.75, 3.05) is 20.1 Å². The number of fused-ring (bicyclic) bond motifs is 3. The van der Waals surface area contributed by atoms with E-state index in [0.29, 0.717) is 32.2 Å². The lowest BCUT2D eigenvalue weighted by Gasteiger charge is -2.30. The molecule has 4 bridgehead atoms. The third-order valence-corrected chi connectivity index (χ3v) is 12.2. The second-order valence-corrected chi connectivity index (χ2v) is 16.2. The molecular formula is C35H44F2N6O8S. The summed E-state index contributed by atoms with van der Waals surface area (Å²) in [6, 6.07) is 1.87. The lowest BCUT2D eigenvalue weighted by molar-refractivity contribution is -0.141. The summed E-state index contributed by atoms with van der Waals surface area (Å²) in [6.07, 6.45) is 2.26. The number of ether oxygens (including phenoxy) is 1. The van der Waals surface area contributed by atoms with E-state index in [1.165, 1.54) is 22.9 Å². The lowest BCUT2D eigenvalue weighted by Crippen LogP contribution is -2.59. The van der Waals surface area contributed by atoms with E-state index in [0.717, 1.165) is 28.0 Å². The number of carbonyl (C=O) groups excluding carboxylic acids is 5. The summed E-state index contributed by atoms with van der Waals surface area (Å²) in [5.41, 5.74) is 1.19. The molecule has 3 fully saturated rings. The van der Waals surface area contributed by atoms with Crippen molar-refractivity contribution in [3.63, 3.8) is 0 Å². The zero-order valence-corrected chi connectivity index (χ0v) is 29.7. The van der Waals surface area contributed by atoms with Gasteiger partial charge in [-0.1, -0.05) is 36.4 Å². The number of sulfonamides is 1. The molecule has 6 amide bonds. The van der Waals surface area contributed by atoms with Crippen molar-refractivity contribution in [1.29, 1.82) is 0 Å². The van der Waals surface area contributed by atoms with E-state index in [2.05, 4.69) is 21.9 Å². The van der Waals surface area contributed by atoms with E-state index < -0.39 is 87.6 Å². The van der Waals surface area contributed by atoms with Gasteiger partial charge < -0.3 is 25.2 Å². The van der Waals surface area contributed by atoms with Gasteiger partial charge >= 0.3 is 12.1 Å². The van der Waals surface area contributed by atoms with Crippen LogP contribution in [0.25, 0.3) is 6.08 Å². The van der Waals surface area contributed by atoms with Gasteiger partial charge in [0.2, 0.25) is 28.3 Å². The van der Waals surface area contributed by atoms with Crippen LogP contribution in [0.15, 0.2) is 36.9 Å². The van der Waals surface area contributed by atoms with Crippen LogP contribution in [0.2, 0.25) is 0 Å². The standard InChI is InChI=1S/C35H44F2N6O8S/c1-3-23-17-35(23,32(46)40-52(49,50)25-12-13-25)39-30(44)28-15-24-19-43(28)31(45)27(16-29(36)37)38-33(47)41(2)14-7-5-4-6-9-21-10-8-11-22-18-42(20-26(21)22)34(48)51-24/h3,6,8-11,23-25,27-29H,1,4-5,7,12-20H2,2H3,(H,38,47)(H,39,44)(H,40,46)/b9-6+/t23-,24+,27-,28-,35+/m0/s1. The van der Waals surface area contributed by atoms with Crippen molar-refractivity contribution in [3.05, 3.63) is 53.6 Å². The number of alkyl halides is 2. The molecule has 3 N–H and O–H groups in total.